The molecular formula is C12H19N3OS. The van der Waals surface area contributed by atoms with E-state index in [9.17, 15) is 0 Å². The maximum atomic E-state index is 8.59. The van der Waals surface area contributed by atoms with Crippen LogP contribution in [-0.4, -0.2) is 21.3 Å². The van der Waals surface area contributed by atoms with Gasteiger partial charge in [0.15, 0.2) is 5.84 Å². The highest BCUT2D eigenvalue weighted by Crippen LogP contribution is 2.23. The highest BCUT2D eigenvalue weighted by atomic mass is 32.2. The molecule has 0 saturated heterocycles. The molecule has 17 heavy (non-hydrogen) atoms. The Labute approximate surface area is 106 Å². The molecule has 94 valence electrons. The Morgan fingerprint density at radius 1 is 1.53 bits per heavy atom. The summed E-state index contributed by atoms with van der Waals surface area (Å²) in [4.78, 5) is 4.05. The third kappa shape index (κ3) is 4.26. The van der Waals surface area contributed by atoms with Crippen LogP contribution in [0.3, 0.4) is 0 Å². The molecule has 0 fully saturated rings. The van der Waals surface area contributed by atoms with Crippen molar-refractivity contribution in [2.75, 3.05) is 0 Å². The number of oxime groups is 1. The molecule has 1 unspecified atom stereocenters. The molecule has 1 aromatic heterocycles. The molecule has 0 spiro atoms. The zero-order valence-electron chi connectivity index (χ0n) is 10.4. The van der Waals surface area contributed by atoms with Crippen LogP contribution in [0.15, 0.2) is 23.5 Å². The molecule has 5 heteroatoms. The van der Waals surface area contributed by atoms with Crippen LogP contribution in [0.4, 0.5) is 0 Å². The van der Waals surface area contributed by atoms with Gasteiger partial charge in [0, 0.05) is 17.2 Å². The van der Waals surface area contributed by atoms with Gasteiger partial charge in [0.1, 0.15) is 5.69 Å². The van der Waals surface area contributed by atoms with Crippen LogP contribution < -0.4 is 5.73 Å². The molecule has 1 rings (SSSR count). The number of hydrogen-bond donors (Lipinski definition) is 2. The van der Waals surface area contributed by atoms with Gasteiger partial charge in [-0.1, -0.05) is 25.9 Å². The smallest absolute Gasteiger partial charge is 0.188 e. The van der Waals surface area contributed by atoms with Gasteiger partial charge >= 0.3 is 0 Å². The van der Waals surface area contributed by atoms with E-state index in [1.165, 1.54) is 0 Å². The Bertz CT molecular complexity index is 393. The van der Waals surface area contributed by atoms with Crippen molar-refractivity contribution >= 4 is 17.6 Å². The lowest BCUT2D eigenvalue weighted by Gasteiger charge is -2.14. The largest absolute Gasteiger partial charge is 0.409 e. The van der Waals surface area contributed by atoms with Gasteiger partial charge in [-0.2, -0.15) is 11.8 Å². The van der Waals surface area contributed by atoms with E-state index in [0.29, 0.717) is 16.9 Å². The molecule has 4 nitrogen and oxygen atoms in total. The molecule has 0 saturated carbocycles. The first-order valence-corrected chi connectivity index (χ1v) is 6.64. The Morgan fingerprint density at radius 2 is 2.24 bits per heavy atom. The fraction of sp³-hybridized carbons (Fsp3) is 0.500. The normalized spacial score (nSPS) is 14.0. The molecule has 0 bridgehead atoms. The first-order chi connectivity index (χ1) is 8.04. The summed E-state index contributed by atoms with van der Waals surface area (Å²) in [7, 11) is 0. The molecule has 0 aliphatic heterocycles. The van der Waals surface area contributed by atoms with Crippen LogP contribution in [0.1, 0.15) is 32.0 Å². The monoisotopic (exact) mass is 253 g/mol. The lowest BCUT2D eigenvalue weighted by atomic mass is 10.2. The van der Waals surface area contributed by atoms with Crippen molar-refractivity contribution in [2.45, 2.75) is 31.8 Å². The number of nitrogens with zero attached hydrogens (tertiary/aromatic N) is 2. The van der Waals surface area contributed by atoms with Crippen LogP contribution in [0.2, 0.25) is 0 Å². The third-order valence-electron chi connectivity index (χ3n) is 2.65. The Morgan fingerprint density at radius 3 is 2.82 bits per heavy atom. The average Bonchev–Trinajstić information content (AvgIpc) is 2.35. The van der Waals surface area contributed by atoms with Crippen LogP contribution in [0.25, 0.3) is 0 Å². The summed E-state index contributed by atoms with van der Waals surface area (Å²) >= 11 is 1.89. The fourth-order valence-electron chi connectivity index (χ4n) is 1.18. The summed E-state index contributed by atoms with van der Waals surface area (Å²) in [5, 5.41) is 12.1. The number of rotatable bonds is 5. The fourth-order valence-corrected chi connectivity index (χ4v) is 2.20. The summed E-state index contributed by atoms with van der Waals surface area (Å²) in [5.41, 5.74) is 7.15. The van der Waals surface area contributed by atoms with Gasteiger partial charge in [-0.3, -0.25) is 4.98 Å². The van der Waals surface area contributed by atoms with E-state index in [-0.39, 0.29) is 5.84 Å². The van der Waals surface area contributed by atoms with Crippen molar-refractivity contribution in [3.8, 4) is 0 Å². The molecule has 0 aromatic carbocycles. The highest BCUT2D eigenvalue weighted by molar-refractivity contribution is 7.99. The first-order valence-electron chi connectivity index (χ1n) is 5.59. The maximum Gasteiger partial charge on any atom is 0.188 e. The molecular weight excluding hydrogens is 234 g/mol. The van der Waals surface area contributed by atoms with Crippen molar-refractivity contribution in [3.05, 3.63) is 29.6 Å². The predicted molar refractivity (Wildman–Crippen MR) is 72.3 cm³/mol. The second-order valence-corrected chi connectivity index (χ2v) is 5.66. The number of thioether (sulfide) groups is 1. The molecule has 0 aliphatic rings. The van der Waals surface area contributed by atoms with Crippen LogP contribution >= 0.6 is 11.8 Å². The second-order valence-electron chi connectivity index (χ2n) is 4.29. The quantitative estimate of drug-likeness (QED) is 0.366. The van der Waals surface area contributed by atoms with E-state index in [1.54, 1.807) is 6.20 Å². The topological polar surface area (TPSA) is 71.5 Å². The van der Waals surface area contributed by atoms with Gasteiger partial charge in [-0.15, -0.1) is 0 Å². The molecule has 0 radical (unpaired) electrons. The van der Waals surface area contributed by atoms with E-state index in [2.05, 4.69) is 30.9 Å². The van der Waals surface area contributed by atoms with Crippen molar-refractivity contribution in [2.24, 2.45) is 16.8 Å². The molecule has 0 aliphatic carbocycles. The van der Waals surface area contributed by atoms with E-state index in [4.69, 9.17) is 10.9 Å². The molecule has 3 N–H and O–H groups in total. The summed E-state index contributed by atoms with van der Waals surface area (Å²) in [6.07, 6.45) is 1.68. The van der Waals surface area contributed by atoms with E-state index >= 15 is 0 Å². The Hall–Kier alpha value is -1.23. The van der Waals surface area contributed by atoms with Gasteiger partial charge < -0.3 is 10.9 Å². The van der Waals surface area contributed by atoms with E-state index in [1.807, 2.05) is 23.9 Å². The van der Waals surface area contributed by atoms with E-state index in [0.717, 1.165) is 11.3 Å². The predicted octanol–water partition coefficient (Wildman–Crippen LogP) is 2.45. The zero-order valence-corrected chi connectivity index (χ0v) is 11.2. The molecule has 1 aromatic rings. The number of nitrogens with two attached hydrogens (primary N) is 1. The summed E-state index contributed by atoms with van der Waals surface area (Å²) < 4.78 is 0. The van der Waals surface area contributed by atoms with Gasteiger partial charge in [0.05, 0.1) is 0 Å². The third-order valence-corrected chi connectivity index (χ3v) is 4.22. The summed E-state index contributed by atoms with van der Waals surface area (Å²) in [6, 6.07) is 3.81. The standard InChI is InChI=1S/C12H19N3OS/c1-8(2)9(3)17-7-10-4-5-14-11(6-10)12(13)15-16/h4-6,8-9,16H,7H2,1-3H3,(H2,13,15). The zero-order chi connectivity index (χ0) is 12.8. The van der Waals surface area contributed by atoms with E-state index < -0.39 is 0 Å². The SMILES string of the molecule is CC(C)C(C)SCc1ccnc(/C(N)=N/O)c1. The molecule has 0 amide bonds. The second kappa shape index (κ2) is 6.49. The number of aromatic nitrogens is 1. The van der Waals surface area contributed by atoms with Crippen LogP contribution in [0, 0.1) is 5.92 Å². The van der Waals surface area contributed by atoms with Crippen molar-refractivity contribution < 1.29 is 5.21 Å². The van der Waals surface area contributed by atoms with Crippen LogP contribution in [-0.2, 0) is 5.75 Å². The van der Waals surface area contributed by atoms with Crippen molar-refractivity contribution in [1.82, 2.24) is 4.98 Å². The Kier molecular flexibility index (Phi) is 5.28. The Balaban J connectivity index is 2.66. The maximum absolute atomic E-state index is 8.59. The van der Waals surface area contributed by atoms with Gasteiger partial charge in [-0.05, 0) is 23.6 Å². The number of amidine groups is 1. The van der Waals surface area contributed by atoms with Crippen molar-refractivity contribution in [3.63, 3.8) is 0 Å². The lowest BCUT2D eigenvalue weighted by molar-refractivity contribution is 0.318. The summed E-state index contributed by atoms with van der Waals surface area (Å²) in [5.74, 6) is 1.62. The lowest BCUT2D eigenvalue weighted by Crippen LogP contribution is -2.15. The minimum Gasteiger partial charge on any atom is -0.409 e. The van der Waals surface area contributed by atoms with Gasteiger partial charge in [-0.25, -0.2) is 0 Å². The minimum absolute atomic E-state index is 0.0498. The first kappa shape index (κ1) is 13.8. The minimum atomic E-state index is 0.0498. The van der Waals surface area contributed by atoms with Gasteiger partial charge in [0.2, 0.25) is 0 Å². The molecule has 1 atom stereocenters. The summed E-state index contributed by atoms with van der Waals surface area (Å²) in [6.45, 7) is 6.65. The number of hydrogen-bond acceptors (Lipinski definition) is 4. The average molecular weight is 253 g/mol. The van der Waals surface area contributed by atoms with Crippen LogP contribution in [0.5, 0.6) is 0 Å². The number of pyridine rings is 1. The highest BCUT2D eigenvalue weighted by Gasteiger charge is 2.08. The molecule has 1 heterocycles. The van der Waals surface area contributed by atoms with Gasteiger partial charge in [0.25, 0.3) is 0 Å². The van der Waals surface area contributed by atoms with Crippen molar-refractivity contribution in [1.29, 1.82) is 0 Å².